The quantitative estimate of drug-likeness (QED) is 0.669. The second-order valence-corrected chi connectivity index (χ2v) is 8.17. The van der Waals surface area contributed by atoms with E-state index in [1.165, 1.54) is 17.7 Å². The number of imide groups is 1. The van der Waals surface area contributed by atoms with Gasteiger partial charge >= 0.3 is 6.03 Å². The summed E-state index contributed by atoms with van der Waals surface area (Å²) in [6.45, 7) is 1.98. The van der Waals surface area contributed by atoms with Crippen LogP contribution in [-0.4, -0.2) is 40.0 Å². The molecule has 0 aliphatic heterocycles. The second-order valence-electron chi connectivity index (χ2n) is 7.35. The van der Waals surface area contributed by atoms with Crippen molar-refractivity contribution in [1.29, 1.82) is 0 Å². The van der Waals surface area contributed by atoms with Gasteiger partial charge in [0.1, 0.15) is 0 Å². The number of carbonyl (C=O) groups is 2. The molecule has 29 heavy (non-hydrogen) atoms. The number of imidazole rings is 1. The number of amides is 3. The van der Waals surface area contributed by atoms with Gasteiger partial charge in [-0.2, -0.15) is 4.98 Å². The van der Waals surface area contributed by atoms with E-state index in [1.54, 1.807) is 25.2 Å². The van der Waals surface area contributed by atoms with E-state index in [2.05, 4.69) is 10.3 Å². The lowest BCUT2D eigenvalue weighted by atomic mass is 10.2. The van der Waals surface area contributed by atoms with Crippen molar-refractivity contribution in [2.45, 2.75) is 45.2 Å². The highest BCUT2D eigenvalue weighted by Crippen LogP contribution is 2.27. The highest BCUT2D eigenvalue weighted by Gasteiger charge is 2.25. The van der Waals surface area contributed by atoms with Crippen molar-refractivity contribution in [3.8, 4) is 0 Å². The van der Waals surface area contributed by atoms with Gasteiger partial charge in [0.05, 0.1) is 22.3 Å². The van der Waals surface area contributed by atoms with Gasteiger partial charge in [0.25, 0.3) is 0 Å². The normalized spacial score (nSPS) is 14.1. The summed E-state index contributed by atoms with van der Waals surface area (Å²) in [5, 5.41) is 4.26. The van der Waals surface area contributed by atoms with E-state index >= 15 is 0 Å². The molecule has 1 N–H and O–H groups in total. The Kier molecular flexibility index (Phi) is 6.70. The van der Waals surface area contributed by atoms with Gasteiger partial charge in [0.2, 0.25) is 12.4 Å². The lowest BCUT2D eigenvalue weighted by Gasteiger charge is -2.23. The Morgan fingerprint density at radius 1 is 1.31 bits per heavy atom. The van der Waals surface area contributed by atoms with Crippen molar-refractivity contribution in [1.82, 2.24) is 14.5 Å². The van der Waals surface area contributed by atoms with E-state index < -0.39 is 6.03 Å². The lowest BCUT2D eigenvalue weighted by Crippen LogP contribution is -2.40. The van der Waals surface area contributed by atoms with Crippen LogP contribution in [0.25, 0.3) is 0 Å². The van der Waals surface area contributed by atoms with Gasteiger partial charge in [-0.15, -0.1) is 0 Å². The minimum absolute atomic E-state index is 0.0859. The zero-order chi connectivity index (χ0) is 21.1. The molecule has 1 aromatic heterocycles. The van der Waals surface area contributed by atoms with Crippen LogP contribution in [0.5, 0.6) is 0 Å². The topological polar surface area (TPSA) is 70.5 Å². The van der Waals surface area contributed by atoms with Gasteiger partial charge in [0.15, 0.2) is 5.82 Å². The highest BCUT2D eigenvalue weighted by atomic mass is 35.5. The van der Waals surface area contributed by atoms with Crippen molar-refractivity contribution >= 4 is 47.4 Å². The number of hydrogen-bond acceptors (Lipinski definition) is 4. The largest absolute Gasteiger partial charge is 0.353 e. The van der Waals surface area contributed by atoms with E-state index in [0.29, 0.717) is 33.9 Å². The highest BCUT2D eigenvalue weighted by molar-refractivity contribution is 6.42. The molecule has 0 unspecified atom stereocenters. The van der Waals surface area contributed by atoms with Crippen LogP contribution < -0.4 is 10.2 Å². The summed E-state index contributed by atoms with van der Waals surface area (Å²) in [7, 11) is 3.52. The van der Waals surface area contributed by atoms with Crippen LogP contribution >= 0.6 is 23.2 Å². The molecule has 3 amide bonds. The number of nitrogens with zero attached hydrogens (tertiary/aromatic N) is 4. The summed E-state index contributed by atoms with van der Waals surface area (Å²) in [6.07, 6.45) is 5.19. The summed E-state index contributed by atoms with van der Waals surface area (Å²) >= 11 is 12.0. The molecule has 0 atom stereocenters. The molecule has 1 aliphatic rings. The number of carbonyl (C=O) groups excluding carboxylic acids is 2. The molecule has 1 aromatic carbocycles. The monoisotopic (exact) mass is 437 g/mol. The maximum absolute atomic E-state index is 12.9. The molecule has 9 heteroatoms. The Morgan fingerprint density at radius 2 is 2.00 bits per heavy atom. The van der Waals surface area contributed by atoms with Crippen LogP contribution in [0.1, 0.15) is 36.9 Å². The van der Waals surface area contributed by atoms with E-state index in [-0.39, 0.29) is 6.54 Å². The van der Waals surface area contributed by atoms with Crippen LogP contribution in [0.15, 0.2) is 18.2 Å². The summed E-state index contributed by atoms with van der Waals surface area (Å²) in [5.41, 5.74) is 1.54. The Hall–Kier alpha value is -2.25. The average Bonchev–Trinajstić information content (AvgIpc) is 3.31. The zero-order valence-electron chi connectivity index (χ0n) is 16.8. The number of aromatic nitrogens is 2. The minimum atomic E-state index is -0.473. The van der Waals surface area contributed by atoms with E-state index in [0.717, 1.165) is 29.4 Å². The number of halogens is 2. The average molecular weight is 438 g/mol. The summed E-state index contributed by atoms with van der Waals surface area (Å²) in [5.74, 6) is 1.24. The predicted molar refractivity (Wildman–Crippen MR) is 116 cm³/mol. The summed E-state index contributed by atoms with van der Waals surface area (Å²) in [6, 6.07) is 4.95. The number of hydrogen-bond donors (Lipinski definition) is 1. The molecule has 1 saturated carbocycles. The molecule has 1 aliphatic carbocycles. The number of nitrogens with one attached hydrogen (secondary N) is 1. The standard InChI is InChI=1S/C20H25Cl2N5O2/c1-13-18(24-19(25(13)2)23-15-6-4-5-7-15)26(3)20(29)27(12-28)11-14-8-9-16(21)17(22)10-14/h8-10,12,15H,4-7,11H2,1-3H3,(H,23,24). The first-order chi connectivity index (χ1) is 13.8. The summed E-state index contributed by atoms with van der Waals surface area (Å²) in [4.78, 5) is 31.6. The molecular formula is C20H25Cl2N5O2. The first kappa shape index (κ1) is 21.5. The molecule has 0 saturated heterocycles. The Labute approximate surface area is 180 Å². The van der Waals surface area contributed by atoms with Crippen molar-refractivity contribution in [2.24, 2.45) is 7.05 Å². The number of anilines is 2. The Bertz CT molecular complexity index is 909. The predicted octanol–water partition coefficient (Wildman–Crippen LogP) is 4.60. The van der Waals surface area contributed by atoms with Crippen molar-refractivity contribution in [2.75, 3.05) is 17.3 Å². The molecule has 0 radical (unpaired) electrons. The van der Waals surface area contributed by atoms with Gasteiger partial charge < -0.3 is 9.88 Å². The maximum atomic E-state index is 12.9. The molecule has 3 rings (SSSR count). The van der Waals surface area contributed by atoms with Crippen molar-refractivity contribution in [3.05, 3.63) is 39.5 Å². The first-order valence-corrected chi connectivity index (χ1v) is 10.3. The third kappa shape index (κ3) is 4.67. The summed E-state index contributed by atoms with van der Waals surface area (Å²) < 4.78 is 1.93. The molecule has 7 nitrogen and oxygen atoms in total. The fourth-order valence-corrected chi connectivity index (χ4v) is 3.85. The molecule has 0 spiro atoms. The second kappa shape index (κ2) is 9.05. The van der Waals surface area contributed by atoms with Crippen LogP contribution in [0.2, 0.25) is 10.0 Å². The fraction of sp³-hybridized carbons (Fsp3) is 0.450. The minimum Gasteiger partial charge on any atom is -0.353 e. The Balaban J connectivity index is 1.76. The van der Waals surface area contributed by atoms with E-state index in [1.807, 2.05) is 18.5 Å². The molecule has 0 bridgehead atoms. The molecular weight excluding hydrogens is 413 g/mol. The van der Waals surface area contributed by atoms with Gasteiger partial charge in [-0.25, -0.2) is 4.79 Å². The van der Waals surface area contributed by atoms with Crippen molar-refractivity contribution in [3.63, 3.8) is 0 Å². The van der Waals surface area contributed by atoms with Crippen LogP contribution in [-0.2, 0) is 18.4 Å². The Morgan fingerprint density at radius 3 is 2.62 bits per heavy atom. The molecule has 1 fully saturated rings. The van der Waals surface area contributed by atoms with Gasteiger partial charge in [0, 0.05) is 20.1 Å². The lowest BCUT2D eigenvalue weighted by molar-refractivity contribution is -0.115. The van der Waals surface area contributed by atoms with Crippen LogP contribution in [0.4, 0.5) is 16.6 Å². The number of benzene rings is 1. The molecule has 156 valence electrons. The first-order valence-electron chi connectivity index (χ1n) is 9.55. The van der Waals surface area contributed by atoms with Gasteiger partial charge in [-0.05, 0) is 37.5 Å². The van der Waals surface area contributed by atoms with Crippen molar-refractivity contribution < 1.29 is 9.59 Å². The van der Waals surface area contributed by atoms with Gasteiger partial charge in [-0.3, -0.25) is 14.6 Å². The van der Waals surface area contributed by atoms with Gasteiger partial charge in [-0.1, -0.05) is 42.1 Å². The zero-order valence-corrected chi connectivity index (χ0v) is 18.3. The third-order valence-corrected chi connectivity index (χ3v) is 6.10. The molecule has 1 heterocycles. The number of urea groups is 1. The number of rotatable bonds is 6. The van der Waals surface area contributed by atoms with Crippen LogP contribution in [0, 0.1) is 6.92 Å². The van der Waals surface area contributed by atoms with E-state index in [9.17, 15) is 9.59 Å². The fourth-order valence-electron chi connectivity index (χ4n) is 3.53. The van der Waals surface area contributed by atoms with Crippen LogP contribution in [0.3, 0.4) is 0 Å². The maximum Gasteiger partial charge on any atom is 0.332 e. The SMILES string of the molecule is Cc1c(N(C)C(=O)N(C=O)Cc2ccc(Cl)c(Cl)c2)nc(NC2CCCC2)n1C. The smallest absolute Gasteiger partial charge is 0.332 e. The third-order valence-electron chi connectivity index (χ3n) is 5.36. The van der Waals surface area contributed by atoms with E-state index in [4.69, 9.17) is 23.2 Å². The molecule has 2 aromatic rings.